The van der Waals surface area contributed by atoms with Gasteiger partial charge in [-0.05, 0) is 37.2 Å². The fourth-order valence-electron chi connectivity index (χ4n) is 4.68. The molecule has 1 aliphatic carbocycles. The van der Waals surface area contributed by atoms with Crippen LogP contribution in [0.5, 0.6) is 0 Å². The first-order valence-corrected chi connectivity index (χ1v) is 8.75. The zero-order chi connectivity index (χ0) is 16.0. The number of amides is 2. The molecule has 1 spiro atoms. The maximum atomic E-state index is 11.9. The Morgan fingerprint density at radius 2 is 2.17 bits per heavy atom. The summed E-state index contributed by atoms with van der Waals surface area (Å²) in [5, 5.41) is 2.99. The molecule has 23 heavy (non-hydrogen) atoms. The van der Waals surface area contributed by atoms with Gasteiger partial charge in [0.1, 0.15) is 0 Å². The third-order valence-electron chi connectivity index (χ3n) is 5.95. The standard InChI is InChI=1S/C17H25N3O3/c1-2-23-16(22)20-9-12-7-13(10-20)15(12)19-5-3-17(4-6-19)8-14(21)18-11-17/h12H,2-11H2,1H3,(H,18,21). The number of carbonyl (C=O) groups excluding carboxylic acids is 2. The van der Waals surface area contributed by atoms with E-state index in [2.05, 4.69) is 10.2 Å². The second kappa shape index (κ2) is 5.42. The highest BCUT2D eigenvalue weighted by atomic mass is 16.6. The average molecular weight is 319 g/mol. The van der Waals surface area contributed by atoms with E-state index in [0.717, 1.165) is 52.0 Å². The van der Waals surface area contributed by atoms with Crippen molar-refractivity contribution in [1.29, 1.82) is 0 Å². The van der Waals surface area contributed by atoms with Gasteiger partial charge in [0.15, 0.2) is 0 Å². The van der Waals surface area contributed by atoms with Crippen LogP contribution in [0.3, 0.4) is 0 Å². The summed E-state index contributed by atoms with van der Waals surface area (Å²) in [4.78, 5) is 27.8. The molecule has 2 amide bonds. The Bertz CT molecular complexity index is 563. The van der Waals surface area contributed by atoms with E-state index in [1.165, 1.54) is 11.3 Å². The number of ether oxygens (including phenoxy) is 1. The lowest BCUT2D eigenvalue weighted by Crippen LogP contribution is -2.53. The molecule has 0 saturated carbocycles. The van der Waals surface area contributed by atoms with Crippen molar-refractivity contribution >= 4 is 12.0 Å². The fraction of sp³-hybridized carbons (Fsp3) is 0.765. The van der Waals surface area contributed by atoms with Gasteiger partial charge in [-0.15, -0.1) is 0 Å². The summed E-state index contributed by atoms with van der Waals surface area (Å²) in [7, 11) is 0. The maximum absolute atomic E-state index is 11.9. The molecule has 3 saturated heterocycles. The molecule has 5 rings (SSSR count). The van der Waals surface area contributed by atoms with E-state index >= 15 is 0 Å². The number of nitrogens with one attached hydrogen (secondary N) is 1. The fourth-order valence-corrected chi connectivity index (χ4v) is 4.68. The molecule has 4 aliphatic heterocycles. The first-order valence-electron chi connectivity index (χ1n) is 8.75. The van der Waals surface area contributed by atoms with Gasteiger partial charge in [0.25, 0.3) is 0 Å². The van der Waals surface area contributed by atoms with Crippen molar-refractivity contribution in [1.82, 2.24) is 15.1 Å². The number of rotatable bonds is 2. The Balaban J connectivity index is 1.38. The number of nitrogens with zero attached hydrogens (tertiary/aromatic N) is 2. The smallest absolute Gasteiger partial charge is 0.410 e. The first-order chi connectivity index (χ1) is 11.1. The van der Waals surface area contributed by atoms with Crippen LogP contribution in [0, 0.1) is 11.3 Å². The minimum absolute atomic E-state index is 0.179. The summed E-state index contributed by atoms with van der Waals surface area (Å²) < 4.78 is 5.12. The van der Waals surface area contributed by atoms with E-state index in [9.17, 15) is 9.59 Å². The quantitative estimate of drug-likeness (QED) is 0.834. The minimum Gasteiger partial charge on any atom is -0.450 e. The molecular formula is C17H25N3O3. The van der Waals surface area contributed by atoms with Gasteiger partial charge in [0.05, 0.1) is 6.61 Å². The van der Waals surface area contributed by atoms with Crippen LogP contribution in [0.4, 0.5) is 4.79 Å². The number of hydrogen-bond acceptors (Lipinski definition) is 4. The molecule has 2 bridgehead atoms. The highest BCUT2D eigenvalue weighted by Gasteiger charge is 2.45. The lowest BCUT2D eigenvalue weighted by atomic mass is 9.73. The second-order valence-corrected chi connectivity index (χ2v) is 7.41. The first kappa shape index (κ1) is 14.8. The molecule has 6 nitrogen and oxygen atoms in total. The molecular weight excluding hydrogens is 294 g/mol. The maximum Gasteiger partial charge on any atom is 0.410 e. The van der Waals surface area contributed by atoms with Crippen molar-refractivity contribution in [3.8, 4) is 0 Å². The highest BCUT2D eigenvalue weighted by molar-refractivity contribution is 5.79. The number of fused-ring (bicyclic) bond motifs is 2. The Hall–Kier alpha value is -1.72. The number of piperidine rings is 2. The van der Waals surface area contributed by atoms with Crippen molar-refractivity contribution in [2.24, 2.45) is 11.3 Å². The zero-order valence-electron chi connectivity index (χ0n) is 13.8. The van der Waals surface area contributed by atoms with Crippen LogP contribution in [-0.2, 0) is 9.53 Å². The van der Waals surface area contributed by atoms with E-state index in [4.69, 9.17) is 4.74 Å². The van der Waals surface area contributed by atoms with E-state index < -0.39 is 0 Å². The molecule has 6 heteroatoms. The molecule has 4 heterocycles. The number of hydrogen-bond donors (Lipinski definition) is 1. The van der Waals surface area contributed by atoms with Crippen LogP contribution in [0.25, 0.3) is 0 Å². The molecule has 126 valence electrons. The SMILES string of the molecule is CCOC(=O)N1CC2=C(N3CCC4(CC3)CNC(=O)C4)C(C2)C1. The van der Waals surface area contributed by atoms with Gasteiger partial charge < -0.3 is 19.9 Å². The predicted octanol–water partition coefficient (Wildman–Crippen LogP) is 1.33. The predicted molar refractivity (Wildman–Crippen MR) is 84.6 cm³/mol. The van der Waals surface area contributed by atoms with E-state index in [1.807, 2.05) is 11.8 Å². The Kier molecular flexibility index (Phi) is 3.50. The van der Waals surface area contributed by atoms with E-state index in [-0.39, 0.29) is 17.4 Å². The summed E-state index contributed by atoms with van der Waals surface area (Å²) in [5.41, 5.74) is 3.10. The zero-order valence-corrected chi connectivity index (χ0v) is 13.8. The van der Waals surface area contributed by atoms with Crippen molar-refractivity contribution in [3.63, 3.8) is 0 Å². The molecule has 5 aliphatic rings. The number of likely N-dealkylation sites (tertiary alicyclic amines) is 1. The summed E-state index contributed by atoms with van der Waals surface area (Å²) in [5.74, 6) is 0.701. The molecule has 1 N–H and O–H groups in total. The van der Waals surface area contributed by atoms with Gasteiger partial charge in [-0.2, -0.15) is 0 Å². The summed E-state index contributed by atoms with van der Waals surface area (Å²) in [6.07, 6.45) is 3.84. The van der Waals surface area contributed by atoms with Crippen LogP contribution < -0.4 is 5.32 Å². The third-order valence-corrected chi connectivity index (χ3v) is 5.95. The van der Waals surface area contributed by atoms with Gasteiger partial charge in [-0.3, -0.25) is 4.79 Å². The topological polar surface area (TPSA) is 61.9 Å². The largest absolute Gasteiger partial charge is 0.450 e. The van der Waals surface area contributed by atoms with Crippen LogP contribution in [-0.4, -0.2) is 61.1 Å². The molecule has 0 radical (unpaired) electrons. The van der Waals surface area contributed by atoms with Gasteiger partial charge in [0.2, 0.25) is 5.91 Å². The van der Waals surface area contributed by atoms with Gasteiger partial charge in [0, 0.05) is 50.8 Å². The lowest BCUT2D eigenvalue weighted by molar-refractivity contribution is -0.119. The van der Waals surface area contributed by atoms with Crippen LogP contribution in [0.1, 0.15) is 32.6 Å². The molecule has 1 atom stereocenters. The highest BCUT2D eigenvalue weighted by Crippen LogP contribution is 2.46. The second-order valence-electron chi connectivity index (χ2n) is 7.41. The van der Waals surface area contributed by atoms with Crippen molar-refractivity contribution in [3.05, 3.63) is 11.3 Å². The summed E-state index contributed by atoms with van der Waals surface area (Å²) in [6, 6.07) is 0. The van der Waals surface area contributed by atoms with E-state index in [1.54, 1.807) is 0 Å². The molecule has 3 fully saturated rings. The molecule has 1 unspecified atom stereocenters. The van der Waals surface area contributed by atoms with Crippen molar-refractivity contribution in [2.45, 2.75) is 32.6 Å². The Morgan fingerprint density at radius 1 is 1.39 bits per heavy atom. The molecule has 0 aromatic rings. The Labute approximate surface area is 136 Å². The van der Waals surface area contributed by atoms with Gasteiger partial charge in [-0.1, -0.05) is 0 Å². The minimum atomic E-state index is -0.179. The van der Waals surface area contributed by atoms with Gasteiger partial charge >= 0.3 is 6.09 Å². The van der Waals surface area contributed by atoms with Crippen LogP contribution in [0.15, 0.2) is 11.3 Å². The average Bonchev–Trinajstić information content (AvgIpc) is 2.91. The van der Waals surface area contributed by atoms with Crippen molar-refractivity contribution in [2.75, 3.05) is 39.3 Å². The molecule has 0 aromatic heterocycles. The molecule has 0 aromatic carbocycles. The normalized spacial score (nSPS) is 28.7. The summed E-state index contributed by atoms with van der Waals surface area (Å²) >= 11 is 0. The van der Waals surface area contributed by atoms with Gasteiger partial charge in [-0.25, -0.2) is 4.79 Å². The van der Waals surface area contributed by atoms with Crippen LogP contribution in [0.2, 0.25) is 0 Å². The van der Waals surface area contributed by atoms with Crippen molar-refractivity contribution < 1.29 is 14.3 Å². The summed E-state index contributed by atoms with van der Waals surface area (Å²) in [6.45, 7) is 6.75. The van der Waals surface area contributed by atoms with Crippen LogP contribution >= 0.6 is 0 Å². The number of carbonyl (C=O) groups is 2. The lowest BCUT2D eigenvalue weighted by Gasteiger charge is -2.51. The third kappa shape index (κ3) is 2.48. The van der Waals surface area contributed by atoms with E-state index in [0.29, 0.717) is 18.9 Å². The Morgan fingerprint density at radius 3 is 2.74 bits per heavy atom. The monoisotopic (exact) mass is 319 g/mol.